The molecule has 4 rings (SSSR count). The first-order valence-electron chi connectivity index (χ1n) is 9.91. The summed E-state index contributed by atoms with van der Waals surface area (Å²) in [5.41, 5.74) is 2.03. The molecule has 0 aliphatic heterocycles. The first kappa shape index (κ1) is 20.3. The standard InChI is InChI=1S/C23H21FN4O3/c24-16-6-3-7-17(14-16)26-22(29)15-28-19-9-2-1-8-18(19)27-21(28)11-4-12-25-23(30)20-10-5-13-31-20/h1-3,5-10,13-14H,4,11-12,15H2,(H,25,30)(H,26,29). The zero-order valence-electron chi connectivity index (χ0n) is 16.7. The molecule has 0 spiro atoms. The first-order valence-corrected chi connectivity index (χ1v) is 9.91. The van der Waals surface area contributed by atoms with Crippen LogP contribution < -0.4 is 10.6 Å². The second kappa shape index (κ2) is 9.25. The van der Waals surface area contributed by atoms with Crippen LogP contribution in [0.25, 0.3) is 11.0 Å². The van der Waals surface area contributed by atoms with Gasteiger partial charge in [0, 0.05) is 18.7 Å². The average Bonchev–Trinajstić information content (AvgIpc) is 3.40. The van der Waals surface area contributed by atoms with E-state index in [-0.39, 0.29) is 24.1 Å². The number of amides is 2. The monoisotopic (exact) mass is 420 g/mol. The zero-order valence-corrected chi connectivity index (χ0v) is 16.7. The Labute approximate surface area is 177 Å². The van der Waals surface area contributed by atoms with Crippen LogP contribution in [0.1, 0.15) is 22.8 Å². The van der Waals surface area contributed by atoms with Crippen molar-refractivity contribution in [3.05, 3.63) is 84.3 Å². The van der Waals surface area contributed by atoms with Crippen molar-refractivity contribution >= 4 is 28.5 Å². The molecule has 2 heterocycles. The van der Waals surface area contributed by atoms with Crippen molar-refractivity contribution in [2.75, 3.05) is 11.9 Å². The van der Waals surface area contributed by atoms with Crippen LogP contribution in [0, 0.1) is 5.82 Å². The number of rotatable bonds is 8. The predicted octanol–water partition coefficient (Wildman–Crippen LogP) is 3.77. The van der Waals surface area contributed by atoms with Gasteiger partial charge in [-0.05, 0) is 48.9 Å². The van der Waals surface area contributed by atoms with Gasteiger partial charge in [-0.3, -0.25) is 9.59 Å². The highest BCUT2D eigenvalue weighted by Crippen LogP contribution is 2.18. The molecule has 0 fully saturated rings. The molecular formula is C23H21FN4O3. The molecule has 2 aromatic carbocycles. The summed E-state index contributed by atoms with van der Waals surface area (Å²) < 4.78 is 20.3. The number of furan rings is 1. The maximum absolute atomic E-state index is 13.4. The summed E-state index contributed by atoms with van der Waals surface area (Å²) in [7, 11) is 0. The highest BCUT2D eigenvalue weighted by Gasteiger charge is 2.14. The topological polar surface area (TPSA) is 89.2 Å². The van der Waals surface area contributed by atoms with Crippen LogP contribution in [0.5, 0.6) is 0 Å². The van der Waals surface area contributed by atoms with E-state index in [1.54, 1.807) is 24.3 Å². The van der Waals surface area contributed by atoms with E-state index in [9.17, 15) is 14.0 Å². The third-order valence-electron chi connectivity index (χ3n) is 4.75. The van der Waals surface area contributed by atoms with E-state index in [0.717, 1.165) is 16.9 Å². The number of para-hydroxylation sites is 2. The molecule has 2 amide bonds. The summed E-state index contributed by atoms with van der Waals surface area (Å²) in [6, 6.07) is 16.6. The quantitative estimate of drug-likeness (QED) is 0.425. The van der Waals surface area contributed by atoms with Crippen LogP contribution >= 0.6 is 0 Å². The van der Waals surface area contributed by atoms with Gasteiger partial charge in [0.1, 0.15) is 18.2 Å². The number of hydrogen-bond acceptors (Lipinski definition) is 4. The van der Waals surface area contributed by atoms with E-state index in [2.05, 4.69) is 15.6 Å². The van der Waals surface area contributed by atoms with Crippen molar-refractivity contribution in [1.29, 1.82) is 0 Å². The molecular weight excluding hydrogens is 399 g/mol. The number of aromatic nitrogens is 2. The van der Waals surface area contributed by atoms with E-state index in [1.807, 2.05) is 28.8 Å². The maximum Gasteiger partial charge on any atom is 0.286 e. The number of carbonyl (C=O) groups excluding carboxylic acids is 2. The SMILES string of the molecule is O=C(Cn1c(CCCNC(=O)c2ccco2)nc2ccccc21)Nc1cccc(F)c1. The summed E-state index contributed by atoms with van der Waals surface area (Å²) in [6.07, 6.45) is 2.66. The Morgan fingerprint density at radius 3 is 2.74 bits per heavy atom. The molecule has 31 heavy (non-hydrogen) atoms. The molecule has 2 aromatic heterocycles. The smallest absolute Gasteiger partial charge is 0.286 e. The normalized spacial score (nSPS) is 10.9. The Hall–Kier alpha value is -3.94. The average molecular weight is 420 g/mol. The van der Waals surface area contributed by atoms with Crippen molar-refractivity contribution < 1.29 is 18.4 Å². The second-order valence-corrected chi connectivity index (χ2v) is 7.00. The minimum Gasteiger partial charge on any atom is -0.459 e. The van der Waals surface area contributed by atoms with Crippen LogP contribution in [0.2, 0.25) is 0 Å². The summed E-state index contributed by atoms with van der Waals surface area (Å²) in [5, 5.41) is 5.52. The van der Waals surface area contributed by atoms with Gasteiger partial charge in [-0.2, -0.15) is 0 Å². The lowest BCUT2D eigenvalue weighted by atomic mass is 10.2. The molecule has 0 saturated carbocycles. The van der Waals surface area contributed by atoms with Crippen LogP contribution in [0.3, 0.4) is 0 Å². The molecule has 0 aliphatic carbocycles. The fraction of sp³-hybridized carbons (Fsp3) is 0.174. The van der Waals surface area contributed by atoms with Gasteiger partial charge in [-0.25, -0.2) is 9.37 Å². The Kier molecular flexibility index (Phi) is 6.07. The van der Waals surface area contributed by atoms with Crippen molar-refractivity contribution in [3.8, 4) is 0 Å². The summed E-state index contributed by atoms with van der Waals surface area (Å²) in [5.74, 6) is 0.0429. The molecule has 8 heteroatoms. The predicted molar refractivity (Wildman–Crippen MR) is 114 cm³/mol. The van der Waals surface area contributed by atoms with Gasteiger partial charge in [0.2, 0.25) is 5.91 Å². The van der Waals surface area contributed by atoms with E-state index in [1.165, 1.54) is 18.4 Å². The molecule has 4 aromatic rings. The lowest BCUT2D eigenvalue weighted by Gasteiger charge is -2.10. The third kappa shape index (κ3) is 4.98. The molecule has 2 N–H and O–H groups in total. The molecule has 158 valence electrons. The molecule has 0 unspecified atom stereocenters. The number of nitrogens with zero attached hydrogens (tertiary/aromatic N) is 2. The number of imidazole rings is 1. The first-order chi connectivity index (χ1) is 15.1. The number of anilines is 1. The Balaban J connectivity index is 1.43. The van der Waals surface area contributed by atoms with Crippen molar-refractivity contribution in [3.63, 3.8) is 0 Å². The molecule has 7 nitrogen and oxygen atoms in total. The molecule has 0 radical (unpaired) electrons. The van der Waals surface area contributed by atoms with Crippen LogP contribution in [0.15, 0.2) is 71.3 Å². The number of fused-ring (bicyclic) bond motifs is 1. The number of nitrogens with one attached hydrogen (secondary N) is 2. The van der Waals surface area contributed by atoms with Gasteiger partial charge in [-0.1, -0.05) is 18.2 Å². The third-order valence-corrected chi connectivity index (χ3v) is 4.75. The molecule has 0 saturated heterocycles. The maximum atomic E-state index is 13.4. The van der Waals surface area contributed by atoms with E-state index in [4.69, 9.17) is 4.42 Å². The summed E-state index contributed by atoms with van der Waals surface area (Å²) >= 11 is 0. The van der Waals surface area contributed by atoms with Gasteiger partial charge >= 0.3 is 0 Å². The number of hydrogen-bond donors (Lipinski definition) is 2. The number of halogens is 1. The Bertz CT molecular complexity index is 1200. The summed E-state index contributed by atoms with van der Waals surface area (Å²) in [6.45, 7) is 0.489. The largest absolute Gasteiger partial charge is 0.459 e. The minimum absolute atomic E-state index is 0.0467. The van der Waals surface area contributed by atoms with Gasteiger partial charge in [0.25, 0.3) is 5.91 Å². The fourth-order valence-corrected chi connectivity index (χ4v) is 3.35. The zero-order chi connectivity index (χ0) is 21.6. The van der Waals surface area contributed by atoms with Crippen LogP contribution in [-0.4, -0.2) is 27.9 Å². The summed E-state index contributed by atoms with van der Waals surface area (Å²) in [4.78, 5) is 29.2. The van der Waals surface area contributed by atoms with Gasteiger partial charge in [-0.15, -0.1) is 0 Å². The van der Waals surface area contributed by atoms with Crippen molar-refractivity contribution in [2.45, 2.75) is 19.4 Å². The number of benzene rings is 2. The van der Waals surface area contributed by atoms with E-state index in [0.29, 0.717) is 25.1 Å². The van der Waals surface area contributed by atoms with Crippen molar-refractivity contribution in [1.82, 2.24) is 14.9 Å². The van der Waals surface area contributed by atoms with Gasteiger partial charge in [0.15, 0.2) is 5.76 Å². The van der Waals surface area contributed by atoms with Crippen LogP contribution in [-0.2, 0) is 17.8 Å². The second-order valence-electron chi connectivity index (χ2n) is 7.00. The van der Waals surface area contributed by atoms with Gasteiger partial charge < -0.3 is 19.6 Å². The molecule has 0 aliphatic rings. The Morgan fingerprint density at radius 1 is 1.06 bits per heavy atom. The Morgan fingerprint density at radius 2 is 1.94 bits per heavy atom. The molecule has 0 bridgehead atoms. The molecule has 0 atom stereocenters. The lowest BCUT2D eigenvalue weighted by molar-refractivity contribution is -0.116. The number of carbonyl (C=O) groups is 2. The van der Waals surface area contributed by atoms with E-state index < -0.39 is 5.82 Å². The highest BCUT2D eigenvalue weighted by atomic mass is 19.1. The van der Waals surface area contributed by atoms with Gasteiger partial charge in [0.05, 0.1) is 17.3 Å². The highest BCUT2D eigenvalue weighted by molar-refractivity contribution is 5.92. The lowest BCUT2D eigenvalue weighted by Crippen LogP contribution is -2.25. The van der Waals surface area contributed by atoms with E-state index >= 15 is 0 Å². The van der Waals surface area contributed by atoms with Crippen LogP contribution in [0.4, 0.5) is 10.1 Å². The number of aryl methyl sites for hydroxylation is 1. The minimum atomic E-state index is -0.414. The van der Waals surface area contributed by atoms with Crippen molar-refractivity contribution in [2.24, 2.45) is 0 Å². The fourth-order valence-electron chi connectivity index (χ4n) is 3.35.